The number of anilines is 1. The second-order valence-electron chi connectivity index (χ2n) is 7.69. The number of hydrogen-bond donors (Lipinski definition) is 2. The zero-order valence-corrected chi connectivity index (χ0v) is 18.1. The quantitative estimate of drug-likeness (QED) is 0.549. The fraction of sp³-hybridized carbons (Fsp3) is 0.292. The monoisotopic (exact) mass is 436 g/mol. The van der Waals surface area contributed by atoms with Crippen LogP contribution in [0, 0.1) is 0 Å². The molecule has 0 spiro atoms. The van der Waals surface area contributed by atoms with Crippen molar-refractivity contribution in [1.29, 1.82) is 0 Å². The minimum Gasteiger partial charge on any atom is -0.493 e. The average Bonchev–Trinajstić information content (AvgIpc) is 3.54. The van der Waals surface area contributed by atoms with Gasteiger partial charge in [-0.2, -0.15) is 0 Å². The molecule has 1 saturated carbocycles. The van der Waals surface area contributed by atoms with Gasteiger partial charge in [0, 0.05) is 18.0 Å². The van der Waals surface area contributed by atoms with Crippen LogP contribution in [-0.2, 0) is 10.3 Å². The Morgan fingerprint density at radius 1 is 1.12 bits per heavy atom. The number of methoxy groups -OCH3 is 1. The molecule has 8 nitrogen and oxygen atoms in total. The summed E-state index contributed by atoms with van der Waals surface area (Å²) in [6, 6.07) is 12.1. The Labute approximate surface area is 184 Å². The van der Waals surface area contributed by atoms with Crippen LogP contribution in [0.15, 0.2) is 51.7 Å². The van der Waals surface area contributed by atoms with Crippen LogP contribution in [0.3, 0.4) is 0 Å². The minimum absolute atomic E-state index is 0.0759. The second kappa shape index (κ2) is 8.37. The third-order valence-electron chi connectivity index (χ3n) is 5.43. The number of carbonyl (C=O) groups excluding carboxylic acids is 2. The Hall–Kier alpha value is -3.81. The number of fused-ring (bicyclic) bond motifs is 1. The SMILES string of the molecule is CCOc1c(OC)ccc2cc(C(=O)Nc3ccc(C4(NC(C)=O)CC4)cc3)c(=O)oc12. The average molecular weight is 436 g/mol. The van der Waals surface area contributed by atoms with Crippen molar-refractivity contribution in [2.24, 2.45) is 0 Å². The molecule has 0 bridgehead atoms. The van der Waals surface area contributed by atoms with E-state index in [-0.39, 0.29) is 22.6 Å². The van der Waals surface area contributed by atoms with E-state index in [2.05, 4.69) is 10.6 Å². The number of amides is 2. The van der Waals surface area contributed by atoms with Gasteiger partial charge in [-0.25, -0.2) is 4.79 Å². The smallest absolute Gasteiger partial charge is 0.349 e. The largest absolute Gasteiger partial charge is 0.493 e. The molecule has 2 aromatic carbocycles. The predicted molar refractivity (Wildman–Crippen MR) is 119 cm³/mol. The first-order valence-corrected chi connectivity index (χ1v) is 10.3. The molecule has 0 atom stereocenters. The zero-order chi connectivity index (χ0) is 22.9. The summed E-state index contributed by atoms with van der Waals surface area (Å²) in [6.45, 7) is 3.67. The van der Waals surface area contributed by atoms with E-state index in [0.717, 1.165) is 18.4 Å². The molecule has 0 aliphatic heterocycles. The van der Waals surface area contributed by atoms with Crippen LogP contribution in [0.25, 0.3) is 11.0 Å². The first kappa shape index (κ1) is 21.4. The van der Waals surface area contributed by atoms with Crippen LogP contribution in [0.4, 0.5) is 5.69 Å². The van der Waals surface area contributed by atoms with E-state index in [4.69, 9.17) is 13.9 Å². The van der Waals surface area contributed by atoms with Gasteiger partial charge in [-0.15, -0.1) is 0 Å². The summed E-state index contributed by atoms with van der Waals surface area (Å²) in [5.74, 6) is 0.103. The zero-order valence-electron chi connectivity index (χ0n) is 18.1. The molecule has 1 aliphatic carbocycles. The molecule has 1 heterocycles. The maximum Gasteiger partial charge on any atom is 0.349 e. The van der Waals surface area contributed by atoms with Crippen molar-refractivity contribution < 1.29 is 23.5 Å². The molecule has 166 valence electrons. The topological polar surface area (TPSA) is 107 Å². The van der Waals surface area contributed by atoms with Crippen molar-refractivity contribution in [2.45, 2.75) is 32.2 Å². The Bertz CT molecular complexity index is 1240. The lowest BCUT2D eigenvalue weighted by molar-refractivity contribution is -0.120. The number of rotatable bonds is 7. The lowest BCUT2D eigenvalue weighted by Crippen LogP contribution is -2.32. The number of carbonyl (C=O) groups is 2. The maximum absolute atomic E-state index is 12.8. The Balaban J connectivity index is 1.58. The summed E-state index contributed by atoms with van der Waals surface area (Å²) >= 11 is 0. The summed E-state index contributed by atoms with van der Waals surface area (Å²) in [5.41, 5.74) is 0.530. The second-order valence-corrected chi connectivity index (χ2v) is 7.69. The highest BCUT2D eigenvalue weighted by Gasteiger charge is 2.44. The molecular formula is C24H24N2O6. The third-order valence-corrected chi connectivity index (χ3v) is 5.43. The van der Waals surface area contributed by atoms with Crippen LogP contribution >= 0.6 is 0 Å². The number of nitrogens with one attached hydrogen (secondary N) is 2. The van der Waals surface area contributed by atoms with Gasteiger partial charge in [-0.05, 0) is 55.7 Å². The van der Waals surface area contributed by atoms with Crippen LogP contribution in [0.5, 0.6) is 11.5 Å². The minimum atomic E-state index is -0.775. The highest BCUT2D eigenvalue weighted by molar-refractivity contribution is 6.05. The number of benzene rings is 2. The van der Waals surface area contributed by atoms with Crippen molar-refractivity contribution in [3.05, 3.63) is 64.0 Å². The highest BCUT2D eigenvalue weighted by atomic mass is 16.5. The van der Waals surface area contributed by atoms with Crippen LogP contribution in [-0.4, -0.2) is 25.5 Å². The fourth-order valence-electron chi connectivity index (χ4n) is 3.76. The van der Waals surface area contributed by atoms with Crippen LogP contribution in [0.1, 0.15) is 42.6 Å². The fourth-order valence-corrected chi connectivity index (χ4v) is 3.76. The van der Waals surface area contributed by atoms with Gasteiger partial charge in [0.25, 0.3) is 5.91 Å². The standard InChI is InChI=1S/C24H24N2O6/c1-4-31-21-19(30-3)10-5-15-13-18(23(29)32-20(15)21)22(28)25-17-8-6-16(7-9-17)24(11-12-24)26-14(2)27/h5-10,13H,4,11-12H2,1-3H3,(H,25,28)(H,26,27). The molecule has 1 fully saturated rings. The molecule has 8 heteroatoms. The van der Waals surface area contributed by atoms with Gasteiger partial charge in [0.15, 0.2) is 11.3 Å². The predicted octanol–water partition coefficient (Wildman–Crippen LogP) is 3.58. The molecule has 2 N–H and O–H groups in total. The molecule has 1 aromatic heterocycles. The molecule has 2 amide bonds. The van der Waals surface area contributed by atoms with Crippen molar-refractivity contribution >= 4 is 28.5 Å². The van der Waals surface area contributed by atoms with Gasteiger partial charge in [0.05, 0.1) is 19.3 Å². The number of hydrogen-bond acceptors (Lipinski definition) is 6. The normalized spacial score (nSPS) is 14.0. The van der Waals surface area contributed by atoms with E-state index in [1.165, 1.54) is 20.1 Å². The lowest BCUT2D eigenvalue weighted by Gasteiger charge is -2.17. The van der Waals surface area contributed by atoms with E-state index < -0.39 is 11.5 Å². The van der Waals surface area contributed by atoms with Gasteiger partial charge in [0.2, 0.25) is 11.7 Å². The summed E-state index contributed by atoms with van der Waals surface area (Å²) in [5, 5.41) is 6.25. The lowest BCUT2D eigenvalue weighted by atomic mass is 10.0. The van der Waals surface area contributed by atoms with E-state index in [9.17, 15) is 14.4 Å². The van der Waals surface area contributed by atoms with Gasteiger partial charge >= 0.3 is 5.63 Å². The molecule has 0 unspecified atom stereocenters. The van der Waals surface area contributed by atoms with Gasteiger partial charge in [0.1, 0.15) is 5.56 Å². The molecule has 0 saturated heterocycles. The summed E-state index contributed by atoms with van der Waals surface area (Å²) in [4.78, 5) is 36.8. The van der Waals surface area contributed by atoms with E-state index in [1.807, 2.05) is 19.1 Å². The molecule has 4 rings (SSSR count). The summed E-state index contributed by atoms with van der Waals surface area (Å²) in [6.07, 6.45) is 1.76. The van der Waals surface area contributed by atoms with E-state index in [0.29, 0.717) is 29.2 Å². The number of ether oxygens (including phenoxy) is 2. The third kappa shape index (κ3) is 4.03. The van der Waals surface area contributed by atoms with Crippen molar-refractivity contribution in [3.63, 3.8) is 0 Å². The highest BCUT2D eigenvalue weighted by Crippen LogP contribution is 2.45. The van der Waals surface area contributed by atoms with Gasteiger partial charge in [-0.1, -0.05) is 12.1 Å². The first-order chi connectivity index (χ1) is 15.4. The van der Waals surface area contributed by atoms with Gasteiger partial charge < -0.3 is 24.5 Å². The molecular weight excluding hydrogens is 412 g/mol. The molecule has 0 radical (unpaired) electrons. The Kier molecular flexibility index (Phi) is 5.61. The summed E-state index contributed by atoms with van der Waals surface area (Å²) < 4.78 is 16.3. The Morgan fingerprint density at radius 2 is 1.84 bits per heavy atom. The van der Waals surface area contributed by atoms with E-state index >= 15 is 0 Å². The van der Waals surface area contributed by atoms with Crippen LogP contribution in [0.2, 0.25) is 0 Å². The van der Waals surface area contributed by atoms with E-state index in [1.54, 1.807) is 24.3 Å². The molecule has 32 heavy (non-hydrogen) atoms. The molecule has 3 aromatic rings. The van der Waals surface area contributed by atoms with Crippen LogP contribution < -0.4 is 25.7 Å². The van der Waals surface area contributed by atoms with Crippen molar-refractivity contribution in [2.75, 3.05) is 19.0 Å². The van der Waals surface area contributed by atoms with Crippen molar-refractivity contribution in [1.82, 2.24) is 5.32 Å². The maximum atomic E-state index is 12.8. The first-order valence-electron chi connectivity index (χ1n) is 10.3. The van der Waals surface area contributed by atoms with Gasteiger partial charge in [-0.3, -0.25) is 9.59 Å². The molecule has 1 aliphatic rings. The van der Waals surface area contributed by atoms with Crippen molar-refractivity contribution in [3.8, 4) is 11.5 Å². The Morgan fingerprint density at radius 3 is 2.44 bits per heavy atom. The summed E-state index contributed by atoms with van der Waals surface area (Å²) in [7, 11) is 1.50.